The minimum Gasteiger partial charge on any atom is -0.324 e. The first-order chi connectivity index (χ1) is 12.9. The van der Waals surface area contributed by atoms with E-state index in [4.69, 9.17) is 0 Å². The molecule has 1 atom stereocenters. The Kier molecular flexibility index (Phi) is 3.67. The van der Waals surface area contributed by atoms with Gasteiger partial charge in [0.2, 0.25) is 5.95 Å². The Bertz CT molecular complexity index is 983. The second kappa shape index (κ2) is 6.30. The van der Waals surface area contributed by atoms with Crippen molar-refractivity contribution in [2.75, 3.05) is 5.32 Å². The van der Waals surface area contributed by atoms with Gasteiger partial charge >= 0.3 is 0 Å². The van der Waals surface area contributed by atoms with E-state index in [2.05, 4.69) is 82.1 Å². The van der Waals surface area contributed by atoms with Crippen molar-refractivity contribution in [2.45, 2.75) is 25.3 Å². The summed E-state index contributed by atoms with van der Waals surface area (Å²) >= 11 is 0. The summed E-state index contributed by atoms with van der Waals surface area (Å²) in [6, 6.07) is 21.3. The van der Waals surface area contributed by atoms with Crippen molar-refractivity contribution in [2.24, 2.45) is 0 Å². The first-order valence-electron chi connectivity index (χ1n) is 9.10. The van der Waals surface area contributed by atoms with E-state index in [-0.39, 0.29) is 6.04 Å². The Morgan fingerprint density at radius 3 is 2.54 bits per heavy atom. The maximum Gasteiger partial charge on any atom is 0.226 e. The number of hydrogen-bond donors (Lipinski definition) is 1. The zero-order valence-corrected chi connectivity index (χ0v) is 14.5. The summed E-state index contributed by atoms with van der Waals surface area (Å²) in [7, 11) is 0. The molecule has 0 saturated carbocycles. The molecule has 2 aromatic carbocycles. The molecule has 0 saturated heterocycles. The smallest absolute Gasteiger partial charge is 0.226 e. The highest BCUT2D eigenvalue weighted by Crippen LogP contribution is 2.43. The van der Waals surface area contributed by atoms with Crippen molar-refractivity contribution >= 4 is 12.0 Å². The van der Waals surface area contributed by atoms with Crippen LogP contribution in [0.1, 0.15) is 36.4 Å². The zero-order valence-electron chi connectivity index (χ0n) is 14.5. The van der Waals surface area contributed by atoms with Crippen molar-refractivity contribution in [1.82, 2.24) is 14.8 Å². The van der Waals surface area contributed by atoms with E-state index in [1.165, 1.54) is 28.0 Å². The number of rotatable bonds is 2. The third-order valence-corrected chi connectivity index (χ3v) is 5.17. The number of nitrogens with one attached hydrogen (secondary N) is 1. The van der Waals surface area contributed by atoms with Crippen LogP contribution in [0.4, 0.5) is 5.95 Å². The van der Waals surface area contributed by atoms with Gasteiger partial charge in [-0.15, -0.1) is 0 Å². The summed E-state index contributed by atoms with van der Waals surface area (Å²) in [5.41, 5.74) is 6.49. The largest absolute Gasteiger partial charge is 0.324 e. The summed E-state index contributed by atoms with van der Waals surface area (Å²) in [5, 5.41) is 8.05. The van der Waals surface area contributed by atoms with Gasteiger partial charge in [0.15, 0.2) is 0 Å². The first kappa shape index (κ1) is 15.1. The lowest BCUT2D eigenvalue weighted by Crippen LogP contribution is -2.28. The standard InChI is InChI=1S/C22H20N4/c1-3-8-16(9-4-1)14-18-12-7-13-19-20(18)25-22-23-15-24-26(22)21(19)17-10-5-2-6-11-17/h1-6,8-11,14-15,21H,7,12-13H2,(H,23,24,25). The van der Waals surface area contributed by atoms with Gasteiger partial charge in [-0.1, -0.05) is 60.7 Å². The molecule has 0 spiro atoms. The number of anilines is 1. The van der Waals surface area contributed by atoms with Gasteiger partial charge in [-0.05, 0) is 47.6 Å². The van der Waals surface area contributed by atoms with Crippen LogP contribution < -0.4 is 5.32 Å². The van der Waals surface area contributed by atoms with Gasteiger partial charge in [0.05, 0.1) is 0 Å². The van der Waals surface area contributed by atoms with Crippen molar-refractivity contribution in [1.29, 1.82) is 0 Å². The molecule has 2 heterocycles. The lowest BCUT2D eigenvalue weighted by atomic mass is 9.83. The van der Waals surface area contributed by atoms with Gasteiger partial charge in [-0.25, -0.2) is 4.68 Å². The van der Waals surface area contributed by atoms with Crippen LogP contribution in [0.25, 0.3) is 6.08 Å². The molecule has 3 aromatic rings. The van der Waals surface area contributed by atoms with Crippen LogP contribution >= 0.6 is 0 Å². The van der Waals surface area contributed by atoms with E-state index in [0.29, 0.717) is 0 Å². The van der Waals surface area contributed by atoms with Crippen LogP contribution in [0.15, 0.2) is 83.8 Å². The first-order valence-corrected chi connectivity index (χ1v) is 9.10. The van der Waals surface area contributed by atoms with Gasteiger partial charge in [0.25, 0.3) is 0 Å². The number of fused-ring (bicyclic) bond motifs is 1. The molecule has 1 unspecified atom stereocenters. The van der Waals surface area contributed by atoms with Crippen molar-refractivity contribution in [3.05, 3.63) is 95.0 Å². The van der Waals surface area contributed by atoms with E-state index < -0.39 is 0 Å². The Labute approximate surface area is 152 Å². The van der Waals surface area contributed by atoms with Crippen LogP contribution in [0.5, 0.6) is 0 Å². The van der Waals surface area contributed by atoms with Gasteiger partial charge in [-0.3, -0.25) is 0 Å². The normalized spacial score (nSPS) is 20.5. The van der Waals surface area contributed by atoms with Gasteiger partial charge < -0.3 is 5.32 Å². The summed E-state index contributed by atoms with van der Waals surface area (Å²) in [6.45, 7) is 0. The molecule has 0 radical (unpaired) electrons. The number of aromatic nitrogens is 3. The highest BCUT2D eigenvalue weighted by atomic mass is 15.4. The summed E-state index contributed by atoms with van der Waals surface area (Å²) < 4.78 is 2.01. The molecule has 1 N–H and O–H groups in total. The van der Waals surface area contributed by atoms with Crippen LogP contribution in [0, 0.1) is 0 Å². The predicted molar refractivity (Wildman–Crippen MR) is 104 cm³/mol. The van der Waals surface area contributed by atoms with Crippen molar-refractivity contribution in [3.63, 3.8) is 0 Å². The molecule has 0 fully saturated rings. The maximum absolute atomic E-state index is 4.50. The number of allylic oxidation sites excluding steroid dienone is 2. The Balaban J connectivity index is 1.66. The average Bonchev–Trinajstić information content (AvgIpc) is 3.16. The SMILES string of the molecule is C(=C1CCCC2=C1Nc1ncnn1C2c1ccccc1)c1ccccc1. The van der Waals surface area contributed by atoms with Crippen LogP contribution in [0.2, 0.25) is 0 Å². The summed E-state index contributed by atoms with van der Waals surface area (Å²) in [6.07, 6.45) is 7.25. The number of nitrogens with zero attached hydrogens (tertiary/aromatic N) is 3. The molecule has 1 aliphatic heterocycles. The van der Waals surface area contributed by atoms with Crippen LogP contribution in [-0.2, 0) is 0 Å². The number of hydrogen-bond acceptors (Lipinski definition) is 3. The fourth-order valence-electron chi connectivity index (χ4n) is 4.02. The Morgan fingerprint density at radius 2 is 1.73 bits per heavy atom. The van der Waals surface area contributed by atoms with E-state index >= 15 is 0 Å². The van der Waals surface area contributed by atoms with E-state index in [1.54, 1.807) is 6.33 Å². The van der Waals surface area contributed by atoms with Crippen LogP contribution in [0.3, 0.4) is 0 Å². The highest BCUT2D eigenvalue weighted by molar-refractivity contribution is 5.65. The van der Waals surface area contributed by atoms with Crippen molar-refractivity contribution in [3.8, 4) is 0 Å². The Morgan fingerprint density at radius 1 is 0.962 bits per heavy atom. The fourth-order valence-corrected chi connectivity index (χ4v) is 4.02. The van der Waals surface area contributed by atoms with Crippen LogP contribution in [-0.4, -0.2) is 14.8 Å². The fraction of sp³-hybridized carbons (Fsp3) is 0.182. The molecule has 0 bridgehead atoms. The highest BCUT2D eigenvalue weighted by Gasteiger charge is 2.33. The number of benzene rings is 2. The Hall–Kier alpha value is -3.14. The average molecular weight is 340 g/mol. The summed E-state index contributed by atoms with van der Waals surface area (Å²) in [5.74, 6) is 0.818. The molecule has 4 nitrogen and oxygen atoms in total. The van der Waals surface area contributed by atoms with Gasteiger partial charge in [-0.2, -0.15) is 10.1 Å². The van der Waals surface area contributed by atoms with E-state index in [1.807, 2.05) is 4.68 Å². The quantitative estimate of drug-likeness (QED) is 0.727. The molecular weight excluding hydrogens is 320 g/mol. The van der Waals surface area contributed by atoms with Gasteiger partial charge in [0, 0.05) is 5.70 Å². The van der Waals surface area contributed by atoms with Crippen molar-refractivity contribution < 1.29 is 0 Å². The summed E-state index contributed by atoms with van der Waals surface area (Å²) in [4.78, 5) is 4.44. The lowest BCUT2D eigenvalue weighted by Gasteiger charge is -2.34. The minimum absolute atomic E-state index is 0.115. The molecule has 5 rings (SSSR count). The third-order valence-electron chi connectivity index (χ3n) is 5.17. The maximum atomic E-state index is 4.50. The molecule has 4 heteroatoms. The molecular formula is C22H20N4. The topological polar surface area (TPSA) is 42.7 Å². The minimum atomic E-state index is 0.115. The van der Waals surface area contributed by atoms with E-state index in [9.17, 15) is 0 Å². The second-order valence-electron chi connectivity index (χ2n) is 6.80. The molecule has 26 heavy (non-hydrogen) atoms. The second-order valence-corrected chi connectivity index (χ2v) is 6.80. The molecule has 1 aliphatic carbocycles. The third kappa shape index (κ3) is 2.54. The molecule has 1 aromatic heterocycles. The lowest BCUT2D eigenvalue weighted by molar-refractivity contribution is 0.538. The zero-order chi connectivity index (χ0) is 17.3. The van der Waals surface area contributed by atoms with Gasteiger partial charge in [0.1, 0.15) is 12.4 Å². The predicted octanol–water partition coefficient (Wildman–Crippen LogP) is 4.81. The molecule has 128 valence electrons. The molecule has 2 aliphatic rings. The van der Waals surface area contributed by atoms with E-state index in [0.717, 1.165) is 25.2 Å². The molecule has 0 amide bonds. The monoisotopic (exact) mass is 340 g/mol.